The van der Waals surface area contributed by atoms with Gasteiger partial charge in [-0.2, -0.15) is 5.10 Å². The standard InChI is InChI=1S/C18H17N5O3/c1-22-7-8-23-18(22)15(11-20-23)17(24)19-10-14-9-16(21-26-14)12-3-5-13(25-2)6-4-12/h3-9,11H,10H2,1-2H3,(H,19,24). The second-order valence-corrected chi connectivity index (χ2v) is 5.83. The monoisotopic (exact) mass is 351 g/mol. The number of rotatable bonds is 5. The number of imidazole rings is 1. The van der Waals surface area contributed by atoms with Crippen LogP contribution in [-0.2, 0) is 13.6 Å². The highest BCUT2D eigenvalue weighted by atomic mass is 16.5. The molecule has 26 heavy (non-hydrogen) atoms. The number of amides is 1. The first-order chi connectivity index (χ1) is 12.7. The van der Waals surface area contributed by atoms with Crippen LogP contribution >= 0.6 is 0 Å². The third kappa shape index (κ3) is 2.81. The molecule has 0 fully saturated rings. The maximum absolute atomic E-state index is 12.4. The molecule has 0 spiro atoms. The van der Waals surface area contributed by atoms with E-state index in [1.165, 1.54) is 0 Å². The lowest BCUT2D eigenvalue weighted by Gasteiger charge is -2.01. The topological polar surface area (TPSA) is 86.6 Å². The van der Waals surface area contributed by atoms with Gasteiger partial charge in [-0.05, 0) is 24.3 Å². The summed E-state index contributed by atoms with van der Waals surface area (Å²) in [6.07, 6.45) is 5.19. The first-order valence-corrected chi connectivity index (χ1v) is 8.02. The summed E-state index contributed by atoms with van der Waals surface area (Å²) in [6.45, 7) is 0.240. The van der Waals surface area contributed by atoms with Gasteiger partial charge in [0.1, 0.15) is 22.7 Å². The molecule has 0 saturated carbocycles. The normalized spacial score (nSPS) is 11.0. The Labute approximate surface area is 149 Å². The van der Waals surface area contributed by atoms with Crippen molar-refractivity contribution in [2.75, 3.05) is 7.11 Å². The van der Waals surface area contributed by atoms with E-state index < -0.39 is 0 Å². The third-order valence-corrected chi connectivity index (χ3v) is 4.15. The van der Waals surface area contributed by atoms with Gasteiger partial charge in [0.15, 0.2) is 5.76 Å². The Morgan fingerprint density at radius 3 is 2.85 bits per heavy atom. The van der Waals surface area contributed by atoms with Gasteiger partial charge in [0.2, 0.25) is 0 Å². The predicted octanol–water partition coefficient (Wildman–Crippen LogP) is 2.27. The zero-order chi connectivity index (χ0) is 18.1. The molecule has 1 aromatic carbocycles. The van der Waals surface area contributed by atoms with Gasteiger partial charge >= 0.3 is 0 Å². The first kappa shape index (κ1) is 15.9. The molecule has 1 amide bonds. The average molecular weight is 351 g/mol. The molecule has 0 unspecified atom stereocenters. The lowest BCUT2D eigenvalue weighted by Crippen LogP contribution is -2.22. The zero-order valence-electron chi connectivity index (χ0n) is 14.3. The van der Waals surface area contributed by atoms with Crippen molar-refractivity contribution in [3.63, 3.8) is 0 Å². The number of aryl methyl sites for hydroxylation is 1. The van der Waals surface area contributed by atoms with Crippen LogP contribution in [0, 0.1) is 0 Å². The SMILES string of the molecule is COc1ccc(-c2cc(CNC(=O)c3cnn4ccn(C)c34)on2)cc1. The molecule has 0 aliphatic carbocycles. The highest BCUT2D eigenvalue weighted by molar-refractivity contribution is 5.99. The van der Waals surface area contributed by atoms with Crippen molar-refractivity contribution >= 4 is 11.6 Å². The minimum absolute atomic E-state index is 0.218. The van der Waals surface area contributed by atoms with E-state index >= 15 is 0 Å². The van der Waals surface area contributed by atoms with E-state index in [1.807, 2.05) is 42.1 Å². The first-order valence-electron chi connectivity index (χ1n) is 8.02. The van der Waals surface area contributed by atoms with Gasteiger partial charge in [0.25, 0.3) is 5.91 Å². The van der Waals surface area contributed by atoms with Crippen molar-refractivity contribution < 1.29 is 14.1 Å². The molecule has 8 nitrogen and oxygen atoms in total. The number of hydrogen-bond acceptors (Lipinski definition) is 5. The Morgan fingerprint density at radius 2 is 2.08 bits per heavy atom. The van der Waals surface area contributed by atoms with Gasteiger partial charge in [-0.3, -0.25) is 4.79 Å². The quantitative estimate of drug-likeness (QED) is 0.596. The molecule has 0 radical (unpaired) electrons. The van der Waals surface area contributed by atoms with Crippen LogP contribution < -0.4 is 10.1 Å². The van der Waals surface area contributed by atoms with E-state index in [9.17, 15) is 4.79 Å². The second-order valence-electron chi connectivity index (χ2n) is 5.83. The van der Waals surface area contributed by atoms with E-state index in [2.05, 4.69) is 15.6 Å². The van der Waals surface area contributed by atoms with E-state index in [1.54, 1.807) is 30.1 Å². The largest absolute Gasteiger partial charge is 0.497 e. The Bertz CT molecular complexity index is 1060. The van der Waals surface area contributed by atoms with Crippen LogP contribution in [0.2, 0.25) is 0 Å². The van der Waals surface area contributed by atoms with Crippen LogP contribution in [-0.4, -0.2) is 32.4 Å². The summed E-state index contributed by atoms with van der Waals surface area (Å²) in [4.78, 5) is 12.4. The molecule has 0 saturated heterocycles. The van der Waals surface area contributed by atoms with E-state index in [0.29, 0.717) is 17.0 Å². The average Bonchev–Trinajstić information content (AvgIpc) is 3.38. The lowest BCUT2D eigenvalue weighted by molar-refractivity contribution is 0.0948. The van der Waals surface area contributed by atoms with Crippen molar-refractivity contribution in [3.8, 4) is 17.0 Å². The summed E-state index contributed by atoms with van der Waals surface area (Å²) in [5, 5.41) is 11.0. The van der Waals surface area contributed by atoms with Crippen molar-refractivity contribution in [1.82, 2.24) is 24.7 Å². The minimum atomic E-state index is -0.218. The number of aromatic nitrogens is 4. The fourth-order valence-electron chi connectivity index (χ4n) is 2.77. The fraction of sp³-hybridized carbons (Fsp3) is 0.167. The molecule has 0 aliphatic rings. The number of hydrogen-bond donors (Lipinski definition) is 1. The molecule has 1 N–H and O–H groups in total. The number of carbonyl (C=O) groups excluding carboxylic acids is 1. The number of nitrogens with zero attached hydrogens (tertiary/aromatic N) is 4. The summed E-state index contributed by atoms with van der Waals surface area (Å²) in [5.41, 5.74) is 2.85. The van der Waals surface area contributed by atoms with Gasteiger partial charge in [0, 0.05) is 31.1 Å². The second kappa shape index (κ2) is 6.40. The molecule has 4 aromatic rings. The zero-order valence-corrected chi connectivity index (χ0v) is 14.3. The Kier molecular flexibility index (Phi) is 3.92. The number of methoxy groups -OCH3 is 1. The predicted molar refractivity (Wildman–Crippen MR) is 93.8 cm³/mol. The van der Waals surface area contributed by atoms with E-state index in [0.717, 1.165) is 17.0 Å². The number of nitrogens with one attached hydrogen (secondary N) is 1. The van der Waals surface area contributed by atoms with Crippen molar-refractivity contribution in [2.45, 2.75) is 6.54 Å². The third-order valence-electron chi connectivity index (χ3n) is 4.15. The maximum Gasteiger partial charge on any atom is 0.257 e. The van der Waals surface area contributed by atoms with Crippen molar-refractivity contribution in [3.05, 3.63) is 60.2 Å². The summed E-state index contributed by atoms with van der Waals surface area (Å²) in [7, 11) is 3.49. The van der Waals surface area contributed by atoms with Gasteiger partial charge in [0.05, 0.1) is 19.9 Å². The van der Waals surface area contributed by atoms with Crippen LogP contribution in [0.5, 0.6) is 5.75 Å². The smallest absolute Gasteiger partial charge is 0.257 e. The molecule has 132 valence electrons. The number of fused-ring (bicyclic) bond motifs is 1. The molecule has 3 aromatic heterocycles. The summed E-state index contributed by atoms with van der Waals surface area (Å²) < 4.78 is 14.0. The summed E-state index contributed by atoms with van der Waals surface area (Å²) in [5.74, 6) is 1.13. The minimum Gasteiger partial charge on any atom is -0.497 e. The van der Waals surface area contributed by atoms with Crippen LogP contribution in [0.4, 0.5) is 0 Å². The van der Waals surface area contributed by atoms with E-state index in [4.69, 9.17) is 9.26 Å². The highest BCUT2D eigenvalue weighted by Crippen LogP contribution is 2.22. The number of carbonyl (C=O) groups is 1. The lowest BCUT2D eigenvalue weighted by atomic mass is 10.1. The van der Waals surface area contributed by atoms with Crippen molar-refractivity contribution in [2.24, 2.45) is 7.05 Å². The van der Waals surface area contributed by atoms with Crippen LogP contribution in [0.15, 0.2) is 53.4 Å². The highest BCUT2D eigenvalue weighted by Gasteiger charge is 2.16. The number of ether oxygens (including phenoxy) is 1. The Hall–Kier alpha value is -3.55. The Morgan fingerprint density at radius 1 is 1.27 bits per heavy atom. The molecule has 3 heterocycles. The summed E-state index contributed by atoms with van der Waals surface area (Å²) >= 11 is 0. The molecule has 0 bridgehead atoms. The molecular formula is C18H17N5O3. The molecule has 0 atom stereocenters. The van der Waals surface area contributed by atoms with E-state index in [-0.39, 0.29) is 12.5 Å². The molecular weight excluding hydrogens is 334 g/mol. The summed E-state index contributed by atoms with van der Waals surface area (Å²) in [6, 6.07) is 9.32. The number of benzene rings is 1. The molecule has 0 aliphatic heterocycles. The molecule has 4 rings (SSSR count). The van der Waals surface area contributed by atoms with Gasteiger partial charge in [-0.1, -0.05) is 5.16 Å². The van der Waals surface area contributed by atoms with Crippen LogP contribution in [0.3, 0.4) is 0 Å². The van der Waals surface area contributed by atoms with Gasteiger partial charge in [-0.25, -0.2) is 4.52 Å². The Balaban J connectivity index is 1.45. The van der Waals surface area contributed by atoms with Crippen LogP contribution in [0.1, 0.15) is 16.1 Å². The van der Waals surface area contributed by atoms with Gasteiger partial charge < -0.3 is 19.1 Å². The maximum atomic E-state index is 12.4. The molecule has 8 heteroatoms. The van der Waals surface area contributed by atoms with Gasteiger partial charge in [-0.15, -0.1) is 0 Å². The van der Waals surface area contributed by atoms with Crippen LogP contribution in [0.25, 0.3) is 16.9 Å². The van der Waals surface area contributed by atoms with Crippen molar-refractivity contribution in [1.29, 1.82) is 0 Å². The fourth-order valence-corrected chi connectivity index (χ4v) is 2.77.